The van der Waals surface area contributed by atoms with Crippen LogP contribution in [-0.4, -0.2) is 16.1 Å². The molecule has 1 aromatic heterocycles. The van der Waals surface area contributed by atoms with Crippen molar-refractivity contribution in [1.82, 2.24) is 10.3 Å². The molecule has 0 fully saturated rings. The van der Waals surface area contributed by atoms with Crippen LogP contribution in [0.1, 0.15) is 23.6 Å². The van der Waals surface area contributed by atoms with E-state index in [0.717, 1.165) is 32.3 Å². The van der Waals surface area contributed by atoms with Crippen molar-refractivity contribution in [2.75, 3.05) is 0 Å². The number of aliphatic hydroxyl groups excluding tert-OH is 1. The molecule has 5 nitrogen and oxygen atoms in total. The van der Waals surface area contributed by atoms with Crippen molar-refractivity contribution >= 4 is 27.5 Å². The molecule has 0 spiro atoms. The Labute approximate surface area is 230 Å². The van der Waals surface area contributed by atoms with E-state index in [1.807, 2.05) is 61.5 Å². The number of halogens is 2. The summed E-state index contributed by atoms with van der Waals surface area (Å²) in [6, 6.07) is 23.5. The molecule has 4 rings (SSSR count). The number of hydrogen-bond donors (Lipinski definition) is 2. The van der Waals surface area contributed by atoms with E-state index < -0.39 is 0 Å². The Balaban J connectivity index is 1.56. The molecule has 0 unspecified atom stereocenters. The third-order valence-electron chi connectivity index (χ3n) is 5.88. The maximum absolute atomic E-state index is 9.67. The lowest BCUT2D eigenvalue weighted by Gasteiger charge is -2.18. The van der Waals surface area contributed by atoms with Crippen molar-refractivity contribution in [2.45, 2.75) is 32.7 Å². The summed E-state index contributed by atoms with van der Waals surface area (Å²) in [5.74, 6) is 1.21. The Morgan fingerprint density at radius 1 is 1.00 bits per heavy atom. The van der Waals surface area contributed by atoms with Gasteiger partial charge in [0.1, 0.15) is 30.5 Å². The Kier molecular flexibility index (Phi) is 9.23. The van der Waals surface area contributed by atoms with Crippen molar-refractivity contribution in [2.24, 2.45) is 0 Å². The summed E-state index contributed by atoms with van der Waals surface area (Å²) in [6.45, 7) is 6.51. The van der Waals surface area contributed by atoms with Crippen LogP contribution >= 0.6 is 27.5 Å². The molecular weight excluding hydrogens is 552 g/mol. The van der Waals surface area contributed by atoms with E-state index >= 15 is 0 Å². The molecule has 0 saturated heterocycles. The third-order valence-corrected chi connectivity index (χ3v) is 7.11. The molecule has 3 aromatic carbocycles. The number of benzene rings is 3. The first-order valence-electron chi connectivity index (χ1n) is 11.8. The zero-order valence-corrected chi connectivity index (χ0v) is 22.8. The van der Waals surface area contributed by atoms with E-state index in [1.165, 1.54) is 0 Å². The molecule has 190 valence electrons. The van der Waals surface area contributed by atoms with Gasteiger partial charge in [0.15, 0.2) is 0 Å². The van der Waals surface area contributed by atoms with Gasteiger partial charge in [0.25, 0.3) is 0 Å². The summed E-state index contributed by atoms with van der Waals surface area (Å²) in [4.78, 5) is 4.15. The first-order chi connectivity index (χ1) is 17.9. The minimum atomic E-state index is -0.282. The Morgan fingerprint density at radius 2 is 1.78 bits per heavy atom. The van der Waals surface area contributed by atoms with Crippen LogP contribution in [0.2, 0.25) is 5.02 Å². The second-order valence-electron chi connectivity index (χ2n) is 8.57. The minimum Gasteiger partial charge on any atom is -0.511 e. The number of rotatable bonds is 11. The average Bonchev–Trinajstić information content (AvgIpc) is 2.92. The summed E-state index contributed by atoms with van der Waals surface area (Å²) < 4.78 is 13.3. The summed E-state index contributed by atoms with van der Waals surface area (Å²) in [7, 11) is 0. The zero-order chi connectivity index (χ0) is 26.2. The molecule has 0 aliphatic rings. The zero-order valence-electron chi connectivity index (χ0n) is 20.5. The van der Waals surface area contributed by atoms with Crippen LogP contribution in [0.25, 0.3) is 11.1 Å². The Bertz CT molecular complexity index is 1350. The smallest absolute Gasteiger partial charge is 0.142 e. The molecule has 1 heterocycles. The van der Waals surface area contributed by atoms with Gasteiger partial charge in [0.05, 0.1) is 11.1 Å². The minimum absolute atomic E-state index is 0.0622. The van der Waals surface area contributed by atoms with Crippen LogP contribution in [0, 0.1) is 0 Å². The molecule has 0 amide bonds. The fourth-order valence-electron chi connectivity index (χ4n) is 3.67. The predicted octanol–water partition coefficient (Wildman–Crippen LogP) is 7.87. The summed E-state index contributed by atoms with van der Waals surface area (Å²) in [6.07, 6.45) is 3.49. The molecule has 2 N–H and O–H groups in total. The summed E-state index contributed by atoms with van der Waals surface area (Å²) in [5, 5.41) is 13.4. The maximum atomic E-state index is 9.67. The molecule has 37 heavy (non-hydrogen) atoms. The van der Waals surface area contributed by atoms with Gasteiger partial charge < -0.3 is 19.9 Å². The van der Waals surface area contributed by atoms with E-state index in [9.17, 15) is 5.11 Å². The molecular formula is C30H28BrClN2O3. The predicted molar refractivity (Wildman–Crippen MR) is 152 cm³/mol. The molecule has 0 aliphatic carbocycles. The standard InChI is InChI=1S/C30H28BrClN2O3/c1-20(21(2)35)34-17-25-14-27(32)29(15-28(25)36-18-22-8-7-13-33-16-22)37-19-24-11-6-12-26(30(24)31)23-9-4-3-5-10-23/h3-16,20,34-35H,2,17-19H2,1H3/t20-/m0/s1. The first kappa shape index (κ1) is 26.7. The maximum Gasteiger partial charge on any atom is 0.142 e. The molecule has 0 radical (unpaired) electrons. The number of pyridine rings is 1. The first-order valence-corrected chi connectivity index (χ1v) is 13.0. The largest absolute Gasteiger partial charge is 0.511 e. The van der Waals surface area contributed by atoms with Gasteiger partial charge in [-0.05, 0) is 46.1 Å². The van der Waals surface area contributed by atoms with Gasteiger partial charge in [-0.15, -0.1) is 0 Å². The van der Waals surface area contributed by atoms with Crippen LogP contribution in [0.15, 0.2) is 102 Å². The number of aliphatic hydroxyl groups is 1. The van der Waals surface area contributed by atoms with Gasteiger partial charge in [-0.25, -0.2) is 0 Å². The Hall–Kier alpha value is -3.32. The Morgan fingerprint density at radius 3 is 2.51 bits per heavy atom. The van der Waals surface area contributed by atoms with Crippen LogP contribution in [0.5, 0.6) is 11.5 Å². The molecule has 1 atom stereocenters. The highest BCUT2D eigenvalue weighted by Crippen LogP contribution is 2.36. The number of nitrogens with one attached hydrogen (secondary N) is 1. The van der Waals surface area contributed by atoms with E-state index in [4.69, 9.17) is 21.1 Å². The topological polar surface area (TPSA) is 63.6 Å². The van der Waals surface area contributed by atoms with Crippen LogP contribution in [-0.2, 0) is 19.8 Å². The second kappa shape index (κ2) is 12.8. The van der Waals surface area contributed by atoms with Crippen molar-refractivity contribution < 1.29 is 14.6 Å². The monoisotopic (exact) mass is 578 g/mol. The lowest BCUT2D eigenvalue weighted by molar-refractivity contribution is 0.286. The highest BCUT2D eigenvalue weighted by molar-refractivity contribution is 9.10. The lowest BCUT2D eigenvalue weighted by Crippen LogP contribution is -2.27. The lowest BCUT2D eigenvalue weighted by atomic mass is 10.0. The van der Waals surface area contributed by atoms with E-state index in [0.29, 0.717) is 36.3 Å². The fraction of sp³-hybridized carbons (Fsp3) is 0.167. The fourth-order valence-corrected chi connectivity index (χ4v) is 4.52. The average molecular weight is 580 g/mol. The van der Waals surface area contributed by atoms with Crippen LogP contribution < -0.4 is 14.8 Å². The number of aromatic nitrogens is 1. The van der Waals surface area contributed by atoms with Crippen molar-refractivity contribution in [1.29, 1.82) is 0 Å². The second-order valence-corrected chi connectivity index (χ2v) is 9.77. The summed E-state index contributed by atoms with van der Waals surface area (Å²) >= 11 is 10.4. The van der Waals surface area contributed by atoms with Gasteiger partial charge in [0, 0.05) is 46.2 Å². The van der Waals surface area contributed by atoms with E-state index in [-0.39, 0.29) is 11.8 Å². The normalized spacial score (nSPS) is 11.6. The van der Waals surface area contributed by atoms with E-state index in [1.54, 1.807) is 12.4 Å². The number of ether oxygens (including phenoxy) is 2. The highest BCUT2D eigenvalue weighted by Gasteiger charge is 2.15. The molecule has 0 aliphatic heterocycles. The van der Waals surface area contributed by atoms with Crippen LogP contribution in [0.3, 0.4) is 0 Å². The highest BCUT2D eigenvalue weighted by atomic mass is 79.9. The molecule has 0 saturated carbocycles. The molecule has 7 heteroatoms. The van der Waals surface area contributed by atoms with Crippen molar-refractivity contribution in [3.8, 4) is 22.6 Å². The van der Waals surface area contributed by atoms with Gasteiger partial charge in [-0.3, -0.25) is 4.98 Å². The molecule has 4 aromatic rings. The SMILES string of the molecule is C=C(O)[C@H](C)NCc1cc(Cl)c(OCc2cccc(-c3ccccc3)c2Br)cc1OCc1cccnc1. The van der Waals surface area contributed by atoms with Gasteiger partial charge in [-0.1, -0.05) is 72.8 Å². The van der Waals surface area contributed by atoms with Crippen LogP contribution in [0.4, 0.5) is 0 Å². The quantitative estimate of drug-likeness (QED) is 0.177. The van der Waals surface area contributed by atoms with E-state index in [2.05, 4.69) is 51.0 Å². The van der Waals surface area contributed by atoms with Gasteiger partial charge in [-0.2, -0.15) is 0 Å². The van der Waals surface area contributed by atoms with Crippen molar-refractivity contribution in [3.63, 3.8) is 0 Å². The number of nitrogens with zero attached hydrogens (tertiary/aromatic N) is 1. The van der Waals surface area contributed by atoms with Gasteiger partial charge in [0.2, 0.25) is 0 Å². The van der Waals surface area contributed by atoms with Crippen molar-refractivity contribution in [3.05, 3.63) is 124 Å². The van der Waals surface area contributed by atoms with Gasteiger partial charge >= 0.3 is 0 Å². The summed E-state index contributed by atoms with van der Waals surface area (Å²) in [5.41, 5.74) is 4.99. The third kappa shape index (κ3) is 7.13. The molecule has 0 bridgehead atoms. The number of hydrogen-bond acceptors (Lipinski definition) is 5.